The van der Waals surface area contributed by atoms with Crippen molar-refractivity contribution in [2.24, 2.45) is 0 Å². The second-order valence-corrected chi connectivity index (χ2v) is 3.87. The number of carbonyl (C=O) groups is 2. The van der Waals surface area contributed by atoms with Gasteiger partial charge in [0.05, 0.1) is 0 Å². The van der Waals surface area contributed by atoms with Crippen molar-refractivity contribution in [3.63, 3.8) is 0 Å². The van der Waals surface area contributed by atoms with Gasteiger partial charge >= 0.3 is 12.1 Å². The number of amides is 1. The number of hydrogen-bond acceptors (Lipinski definition) is 4. The van der Waals surface area contributed by atoms with E-state index in [1.165, 1.54) is 0 Å². The first-order valence-electron chi connectivity index (χ1n) is 5.47. The smallest absolute Gasteiger partial charge is 0.435 e. The molecule has 0 aliphatic rings. The summed E-state index contributed by atoms with van der Waals surface area (Å²) >= 11 is 0. The van der Waals surface area contributed by atoms with E-state index in [1.54, 1.807) is 0 Å². The van der Waals surface area contributed by atoms with E-state index in [1.807, 2.05) is 0 Å². The van der Waals surface area contributed by atoms with Crippen LogP contribution >= 0.6 is 0 Å². The lowest BCUT2D eigenvalue weighted by molar-refractivity contribution is -0.142. The van der Waals surface area contributed by atoms with Crippen molar-refractivity contribution in [2.75, 3.05) is 6.61 Å². The maximum atomic E-state index is 12.3. The fourth-order valence-electron chi connectivity index (χ4n) is 1.37. The molecule has 0 spiro atoms. The Morgan fingerprint density at radius 2 is 2.10 bits per heavy atom. The number of aliphatic hydroxyl groups excluding tert-OH is 1. The fraction of sp³-hybridized carbons (Fsp3) is 0.500. The van der Waals surface area contributed by atoms with Crippen LogP contribution in [0.4, 0.5) is 13.2 Å². The van der Waals surface area contributed by atoms with Gasteiger partial charge in [0.2, 0.25) is 5.91 Å². The molecule has 1 heterocycles. The quantitative estimate of drug-likeness (QED) is 0.677. The van der Waals surface area contributed by atoms with Crippen LogP contribution in [-0.4, -0.2) is 44.5 Å². The molecule has 1 atom stereocenters. The van der Waals surface area contributed by atoms with Crippen LogP contribution in [0.3, 0.4) is 0 Å². The lowest BCUT2D eigenvalue weighted by atomic mass is 10.2. The Kier molecular flexibility index (Phi) is 5.08. The summed E-state index contributed by atoms with van der Waals surface area (Å²) in [5.74, 6) is -2.16. The zero-order valence-electron chi connectivity index (χ0n) is 10.1. The lowest BCUT2D eigenvalue weighted by Crippen LogP contribution is -2.42. The van der Waals surface area contributed by atoms with E-state index in [4.69, 9.17) is 10.2 Å². The third-order valence-electron chi connectivity index (χ3n) is 2.29. The molecule has 0 fully saturated rings. The molecule has 3 N–H and O–H groups in total. The topological polar surface area (TPSA) is 104 Å². The van der Waals surface area contributed by atoms with Crippen LogP contribution in [0.15, 0.2) is 12.3 Å². The first-order valence-corrected chi connectivity index (χ1v) is 5.47. The number of carboxylic acid groups (broad SMARTS) is 1. The average molecular weight is 295 g/mol. The van der Waals surface area contributed by atoms with E-state index in [0.29, 0.717) is 6.07 Å². The van der Waals surface area contributed by atoms with E-state index >= 15 is 0 Å². The number of hydrogen-bond donors (Lipinski definition) is 3. The molecular formula is C10H12F3N3O4. The van der Waals surface area contributed by atoms with Crippen LogP contribution in [0.5, 0.6) is 0 Å². The maximum absolute atomic E-state index is 12.3. The molecule has 1 aromatic rings. The highest BCUT2D eigenvalue weighted by Gasteiger charge is 2.33. The highest BCUT2D eigenvalue weighted by atomic mass is 19.4. The summed E-state index contributed by atoms with van der Waals surface area (Å²) in [5, 5.41) is 22.6. The zero-order chi connectivity index (χ0) is 15.3. The van der Waals surface area contributed by atoms with Gasteiger partial charge in [-0.25, -0.2) is 4.79 Å². The predicted molar refractivity (Wildman–Crippen MR) is 58.5 cm³/mol. The van der Waals surface area contributed by atoms with Crippen molar-refractivity contribution in [1.29, 1.82) is 0 Å². The Bertz CT molecular complexity index is 486. The molecule has 1 rings (SSSR count). The Hall–Kier alpha value is -2.10. The minimum atomic E-state index is -4.61. The number of nitrogens with zero attached hydrogens (tertiary/aromatic N) is 2. The molecular weight excluding hydrogens is 283 g/mol. The Morgan fingerprint density at radius 3 is 2.55 bits per heavy atom. The van der Waals surface area contributed by atoms with Crippen molar-refractivity contribution < 1.29 is 33.0 Å². The number of carboxylic acids is 1. The number of carbonyl (C=O) groups excluding carboxylic acids is 1. The number of aromatic nitrogens is 2. The van der Waals surface area contributed by atoms with Crippen LogP contribution in [0, 0.1) is 0 Å². The number of alkyl halides is 3. The standard InChI is InChI=1S/C10H12F3N3O4/c11-10(12,13)7-1-3-16(15-7)5-8(18)14-6(2-4-17)9(19)20/h1,3,6,17H,2,4-5H2,(H,14,18)(H,19,20)/t6-/m1/s1. The molecule has 1 amide bonds. The van der Waals surface area contributed by atoms with Crippen molar-refractivity contribution in [3.8, 4) is 0 Å². The largest absolute Gasteiger partial charge is 0.480 e. The molecule has 0 bridgehead atoms. The van der Waals surface area contributed by atoms with E-state index in [0.717, 1.165) is 10.9 Å². The van der Waals surface area contributed by atoms with Crippen molar-refractivity contribution in [2.45, 2.75) is 25.2 Å². The van der Waals surface area contributed by atoms with Crippen LogP contribution in [0.25, 0.3) is 0 Å². The van der Waals surface area contributed by atoms with Gasteiger partial charge < -0.3 is 15.5 Å². The summed E-state index contributed by atoms with van der Waals surface area (Å²) in [7, 11) is 0. The van der Waals surface area contributed by atoms with Gasteiger partial charge in [0.1, 0.15) is 12.6 Å². The SMILES string of the molecule is O=C(Cn1ccc(C(F)(F)F)n1)N[C@H](CCO)C(=O)O. The van der Waals surface area contributed by atoms with Crippen LogP contribution < -0.4 is 5.32 Å². The highest BCUT2D eigenvalue weighted by Crippen LogP contribution is 2.27. The minimum Gasteiger partial charge on any atom is -0.480 e. The summed E-state index contributed by atoms with van der Waals surface area (Å²) in [4.78, 5) is 22.2. The molecule has 0 radical (unpaired) electrons. The van der Waals surface area contributed by atoms with Gasteiger partial charge in [-0.05, 0) is 6.07 Å². The maximum Gasteiger partial charge on any atom is 0.435 e. The average Bonchev–Trinajstić information content (AvgIpc) is 2.76. The van der Waals surface area contributed by atoms with E-state index in [-0.39, 0.29) is 6.42 Å². The van der Waals surface area contributed by atoms with Crippen LogP contribution in [0.1, 0.15) is 12.1 Å². The lowest BCUT2D eigenvalue weighted by Gasteiger charge is -2.13. The number of nitrogens with one attached hydrogen (secondary N) is 1. The van der Waals surface area contributed by atoms with Gasteiger partial charge in [-0.3, -0.25) is 9.48 Å². The third-order valence-corrected chi connectivity index (χ3v) is 2.29. The molecule has 10 heteroatoms. The monoisotopic (exact) mass is 295 g/mol. The molecule has 0 aromatic carbocycles. The first kappa shape index (κ1) is 16.0. The van der Waals surface area contributed by atoms with E-state index < -0.39 is 42.9 Å². The molecule has 0 aliphatic carbocycles. The molecule has 0 unspecified atom stereocenters. The zero-order valence-corrected chi connectivity index (χ0v) is 10.1. The van der Waals surface area contributed by atoms with Crippen LogP contribution in [0.2, 0.25) is 0 Å². The fourth-order valence-corrected chi connectivity index (χ4v) is 1.37. The summed E-state index contributed by atoms with van der Waals surface area (Å²) in [6, 6.07) is -0.597. The Balaban J connectivity index is 2.62. The normalized spacial score (nSPS) is 13.0. The van der Waals surface area contributed by atoms with Crippen LogP contribution in [-0.2, 0) is 22.3 Å². The second-order valence-electron chi connectivity index (χ2n) is 3.87. The number of halogens is 3. The predicted octanol–water partition coefficient (Wildman–Crippen LogP) is -0.146. The third kappa shape index (κ3) is 4.53. The second kappa shape index (κ2) is 6.37. The van der Waals surface area contributed by atoms with E-state index in [9.17, 15) is 22.8 Å². The number of rotatable bonds is 6. The van der Waals surface area contributed by atoms with Crippen molar-refractivity contribution in [1.82, 2.24) is 15.1 Å². The van der Waals surface area contributed by atoms with Crippen molar-refractivity contribution in [3.05, 3.63) is 18.0 Å². The molecule has 0 saturated carbocycles. The summed E-state index contributed by atoms with van der Waals surface area (Å²) < 4.78 is 37.6. The van der Waals surface area contributed by atoms with Gasteiger partial charge in [-0.1, -0.05) is 0 Å². The van der Waals surface area contributed by atoms with E-state index in [2.05, 4.69) is 10.4 Å². The van der Waals surface area contributed by atoms with Gasteiger partial charge in [0.15, 0.2) is 5.69 Å². The molecule has 0 aliphatic heterocycles. The minimum absolute atomic E-state index is 0.200. The summed E-state index contributed by atoms with van der Waals surface area (Å²) in [6.45, 7) is -0.997. The first-order chi connectivity index (χ1) is 9.24. The summed E-state index contributed by atoms with van der Waals surface area (Å²) in [6.07, 6.45) is -3.85. The number of aliphatic carboxylic acids is 1. The molecule has 20 heavy (non-hydrogen) atoms. The van der Waals surface area contributed by atoms with Gasteiger partial charge in [-0.15, -0.1) is 0 Å². The van der Waals surface area contributed by atoms with Gasteiger partial charge in [0.25, 0.3) is 0 Å². The van der Waals surface area contributed by atoms with Gasteiger partial charge in [-0.2, -0.15) is 18.3 Å². The molecule has 0 saturated heterocycles. The van der Waals surface area contributed by atoms with Crippen molar-refractivity contribution >= 4 is 11.9 Å². The molecule has 112 valence electrons. The van der Waals surface area contributed by atoms with Gasteiger partial charge in [0, 0.05) is 19.2 Å². The number of aliphatic hydroxyl groups is 1. The summed E-state index contributed by atoms with van der Waals surface area (Å²) in [5.41, 5.74) is -1.14. The Labute approximate surface area is 111 Å². The highest BCUT2D eigenvalue weighted by molar-refractivity contribution is 5.83. The molecule has 7 nitrogen and oxygen atoms in total. The molecule has 1 aromatic heterocycles. The Morgan fingerprint density at radius 1 is 1.45 bits per heavy atom.